The maximum absolute atomic E-state index is 13.3. The normalized spacial score (nSPS) is 19.6. The first-order valence-corrected chi connectivity index (χ1v) is 12.7. The lowest BCUT2D eigenvalue weighted by Crippen LogP contribution is -2.53. The van der Waals surface area contributed by atoms with E-state index in [9.17, 15) is 9.59 Å². The highest BCUT2D eigenvalue weighted by Gasteiger charge is 2.32. The Hall–Kier alpha value is -2.45. The summed E-state index contributed by atoms with van der Waals surface area (Å²) in [6.07, 6.45) is 1.85. The van der Waals surface area contributed by atoms with Gasteiger partial charge in [-0.05, 0) is 64.3 Å². The van der Waals surface area contributed by atoms with E-state index in [1.165, 1.54) is 28.2 Å². The number of thiazole rings is 1. The molecule has 0 saturated carbocycles. The van der Waals surface area contributed by atoms with Crippen LogP contribution in [-0.2, 0) is 9.59 Å². The standard InChI is InChI=1S/C25H35N5O2S/c1-17-7-5-9-22(18(17)2)29-11-13-30(14-12-29)24(32)21-8-6-10-28(15-21)16-23(31)27-25-26-19(3)20(4)33-25/h5,7,9,21H,6,8,10-16H2,1-4H3,(H,26,27,31). The van der Waals surface area contributed by atoms with E-state index in [-0.39, 0.29) is 17.7 Å². The summed E-state index contributed by atoms with van der Waals surface area (Å²) in [7, 11) is 0. The molecule has 1 aromatic carbocycles. The molecule has 4 rings (SSSR count). The number of piperazine rings is 1. The predicted octanol–water partition coefficient (Wildman–Crippen LogP) is 3.38. The number of likely N-dealkylation sites (tertiary alicyclic amines) is 1. The van der Waals surface area contributed by atoms with Gasteiger partial charge in [0.1, 0.15) is 0 Å². The summed E-state index contributed by atoms with van der Waals surface area (Å²) >= 11 is 1.50. The summed E-state index contributed by atoms with van der Waals surface area (Å²) in [5.41, 5.74) is 4.86. The summed E-state index contributed by atoms with van der Waals surface area (Å²) in [5, 5.41) is 3.57. The first kappa shape index (κ1) is 23.7. The van der Waals surface area contributed by atoms with Crippen LogP contribution in [0.3, 0.4) is 0 Å². The lowest BCUT2D eigenvalue weighted by atomic mass is 9.96. The lowest BCUT2D eigenvalue weighted by molar-refractivity contribution is -0.138. The molecule has 0 spiro atoms. The Balaban J connectivity index is 1.28. The van der Waals surface area contributed by atoms with Crippen LogP contribution in [0.25, 0.3) is 0 Å². The molecule has 33 heavy (non-hydrogen) atoms. The molecular weight excluding hydrogens is 434 g/mol. The van der Waals surface area contributed by atoms with Gasteiger partial charge in [0.25, 0.3) is 0 Å². The monoisotopic (exact) mass is 469 g/mol. The Morgan fingerprint density at radius 2 is 1.85 bits per heavy atom. The molecular formula is C25H35N5O2S. The quantitative estimate of drug-likeness (QED) is 0.727. The molecule has 178 valence electrons. The zero-order chi connectivity index (χ0) is 23.5. The fourth-order valence-electron chi connectivity index (χ4n) is 4.79. The summed E-state index contributed by atoms with van der Waals surface area (Å²) in [6, 6.07) is 6.43. The summed E-state index contributed by atoms with van der Waals surface area (Å²) in [6.45, 7) is 13.3. The number of rotatable bonds is 5. The molecule has 2 amide bonds. The van der Waals surface area contributed by atoms with E-state index in [1.807, 2.05) is 18.7 Å². The smallest absolute Gasteiger partial charge is 0.240 e. The fourth-order valence-corrected chi connectivity index (χ4v) is 5.62. The minimum atomic E-state index is -0.0565. The van der Waals surface area contributed by atoms with E-state index >= 15 is 0 Å². The third-order valence-electron chi connectivity index (χ3n) is 7.00. The maximum atomic E-state index is 13.3. The summed E-state index contributed by atoms with van der Waals surface area (Å²) in [4.78, 5) is 37.8. The van der Waals surface area contributed by atoms with Crippen LogP contribution in [0.15, 0.2) is 18.2 Å². The van der Waals surface area contributed by atoms with Gasteiger partial charge in [-0.15, -0.1) is 11.3 Å². The number of anilines is 2. The molecule has 1 atom stereocenters. The molecule has 1 unspecified atom stereocenters. The summed E-state index contributed by atoms with van der Waals surface area (Å²) in [5.74, 6) is 0.161. The molecule has 3 heterocycles. The van der Waals surface area contributed by atoms with Gasteiger partial charge < -0.3 is 15.1 Å². The van der Waals surface area contributed by atoms with Crippen LogP contribution in [0.1, 0.15) is 34.5 Å². The number of carbonyl (C=O) groups is 2. The van der Waals surface area contributed by atoms with Crippen LogP contribution in [0, 0.1) is 33.6 Å². The van der Waals surface area contributed by atoms with Crippen molar-refractivity contribution in [1.29, 1.82) is 0 Å². The topological polar surface area (TPSA) is 68.8 Å². The van der Waals surface area contributed by atoms with Gasteiger partial charge in [0.15, 0.2) is 5.13 Å². The van der Waals surface area contributed by atoms with E-state index in [0.717, 1.165) is 56.1 Å². The highest BCUT2D eigenvalue weighted by molar-refractivity contribution is 7.15. The van der Waals surface area contributed by atoms with Crippen LogP contribution in [0.5, 0.6) is 0 Å². The Labute approximate surface area is 200 Å². The number of benzene rings is 1. The van der Waals surface area contributed by atoms with Crippen molar-refractivity contribution in [1.82, 2.24) is 14.8 Å². The minimum Gasteiger partial charge on any atom is -0.368 e. The van der Waals surface area contributed by atoms with Gasteiger partial charge in [-0.1, -0.05) is 12.1 Å². The molecule has 1 aromatic heterocycles. The maximum Gasteiger partial charge on any atom is 0.240 e. The highest BCUT2D eigenvalue weighted by atomic mass is 32.1. The van der Waals surface area contributed by atoms with Crippen LogP contribution in [-0.4, -0.2) is 72.4 Å². The van der Waals surface area contributed by atoms with Crippen molar-refractivity contribution < 1.29 is 9.59 Å². The number of nitrogens with zero attached hydrogens (tertiary/aromatic N) is 4. The third kappa shape index (κ3) is 5.55. The van der Waals surface area contributed by atoms with Crippen LogP contribution in [0.4, 0.5) is 10.8 Å². The number of aryl methyl sites for hydroxylation is 3. The average molecular weight is 470 g/mol. The second-order valence-electron chi connectivity index (χ2n) is 9.31. The van der Waals surface area contributed by atoms with Gasteiger partial charge >= 0.3 is 0 Å². The first-order chi connectivity index (χ1) is 15.8. The molecule has 2 aliphatic rings. The van der Waals surface area contributed by atoms with Gasteiger partial charge in [-0.25, -0.2) is 4.98 Å². The zero-order valence-electron chi connectivity index (χ0n) is 20.2. The Morgan fingerprint density at radius 1 is 1.09 bits per heavy atom. The average Bonchev–Trinajstić information content (AvgIpc) is 3.11. The Kier molecular flexibility index (Phi) is 7.34. The highest BCUT2D eigenvalue weighted by Crippen LogP contribution is 2.26. The molecule has 2 saturated heterocycles. The number of carbonyl (C=O) groups excluding carboxylic acids is 2. The van der Waals surface area contributed by atoms with Crippen LogP contribution < -0.4 is 10.2 Å². The third-order valence-corrected chi connectivity index (χ3v) is 7.99. The number of nitrogens with one attached hydrogen (secondary N) is 1. The predicted molar refractivity (Wildman–Crippen MR) is 134 cm³/mol. The number of hydrogen-bond donors (Lipinski definition) is 1. The minimum absolute atomic E-state index is 0.0249. The SMILES string of the molecule is Cc1cccc(N2CCN(C(=O)C3CCCN(CC(=O)Nc4nc(C)c(C)s4)C3)CC2)c1C. The number of hydrogen-bond acceptors (Lipinski definition) is 6. The van der Waals surface area contributed by atoms with Crippen molar-refractivity contribution in [2.75, 3.05) is 56.0 Å². The Morgan fingerprint density at radius 3 is 2.55 bits per heavy atom. The van der Waals surface area contributed by atoms with E-state index in [0.29, 0.717) is 18.2 Å². The zero-order valence-corrected chi connectivity index (χ0v) is 21.0. The lowest BCUT2D eigenvalue weighted by Gasteiger charge is -2.40. The number of amides is 2. The van der Waals surface area contributed by atoms with Gasteiger partial charge in [-0.2, -0.15) is 0 Å². The molecule has 7 nitrogen and oxygen atoms in total. The second-order valence-corrected chi connectivity index (χ2v) is 10.5. The van der Waals surface area contributed by atoms with Crippen molar-refractivity contribution in [2.24, 2.45) is 5.92 Å². The Bertz CT molecular complexity index is 993. The van der Waals surface area contributed by atoms with Gasteiger partial charge in [-0.3, -0.25) is 14.5 Å². The second kappa shape index (κ2) is 10.2. The van der Waals surface area contributed by atoms with Crippen molar-refractivity contribution in [3.05, 3.63) is 39.9 Å². The molecule has 2 aliphatic heterocycles. The van der Waals surface area contributed by atoms with E-state index in [2.05, 4.69) is 52.1 Å². The molecule has 0 aliphatic carbocycles. The van der Waals surface area contributed by atoms with Crippen LogP contribution >= 0.6 is 11.3 Å². The molecule has 8 heteroatoms. The van der Waals surface area contributed by atoms with Crippen molar-refractivity contribution in [3.8, 4) is 0 Å². The largest absolute Gasteiger partial charge is 0.368 e. The summed E-state index contributed by atoms with van der Waals surface area (Å²) < 4.78 is 0. The van der Waals surface area contributed by atoms with E-state index < -0.39 is 0 Å². The van der Waals surface area contributed by atoms with E-state index in [1.54, 1.807) is 0 Å². The number of piperidine rings is 1. The van der Waals surface area contributed by atoms with Crippen molar-refractivity contribution in [3.63, 3.8) is 0 Å². The van der Waals surface area contributed by atoms with Gasteiger partial charge in [0, 0.05) is 43.3 Å². The molecule has 0 radical (unpaired) electrons. The van der Waals surface area contributed by atoms with Gasteiger partial charge in [0.05, 0.1) is 18.2 Å². The number of aromatic nitrogens is 1. The molecule has 0 bridgehead atoms. The van der Waals surface area contributed by atoms with Gasteiger partial charge in [0.2, 0.25) is 11.8 Å². The first-order valence-electron chi connectivity index (χ1n) is 11.9. The van der Waals surface area contributed by atoms with E-state index in [4.69, 9.17) is 0 Å². The van der Waals surface area contributed by atoms with Crippen LogP contribution in [0.2, 0.25) is 0 Å². The van der Waals surface area contributed by atoms with Crippen molar-refractivity contribution in [2.45, 2.75) is 40.5 Å². The van der Waals surface area contributed by atoms with Crippen molar-refractivity contribution >= 4 is 34.0 Å². The molecule has 2 fully saturated rings. The molecule has 1 N–H and O–H groups in total. The fraction of sp³-hybridized carbons (Fsp3) is 0.560. The molecule has 2 aromatic rings.